The van der Waals surface area contributed by atoms with E-state index in [1.54, 1.807) is 36.4 Å². The first-order valence-corrected chi connectivity index (χ1v) is 11.3. The van der Waals surface area contributed by atoms with E-state index in [1.807, 2.05) is 0 Å². The third-order valence-corrected chi connectivity index (χ3v) is 6.11. The van der Waals surface area contributed by atoms with Crippen molar-refractivity contribution in [2.24, 2.45) is 0 Å². The van der Waals surface area contributed by atoms with Crippen molar-refractivity contribution < 1.29 is 33.4 Å². The third-order valence-electron chi connectivity index (χ3n) is 4.91. The van der Waals surface area contributed by atoms with E-state index in [0.29, 0.717) is 45.3 Å². The first-order valence-electron chi connectivity index (χ1n) is 10.1. The summed E-state index contributed by atoms with van der Waals surface area (Å²) in [6, 6.07) is 14.1. The summed E-state index contributed by atoms with van der Waals surface area (Å²) < 4.78 is 10.8. The average molecular weight is 513 g/mol. The van der Waals surface area contributed by atoms with E-state index in [0.717, 1.165) is 4.90 Å². The van der Waals surface area contributed by atoms with E-state index in [2.05, 4.69) is 5.32 Å². The molecule has 0 spiro atoms. The lowest BCUT2D eigenvalue weighted by molar-refractivity contribution is -0.127. The number of carbonyl (C=O) groups is 4. The molecule has 11 heteroatoms. The fraction of sp³-hybridized carbons (Fsp3) is 0.0833. The molecule has 4 rings (SSSR count). The Morgan fingerprint density at radius 2 is 1.97 bits per heavy atom. The lowest BCUT2D eigenvalue weighted by atomic mass is 10.1. The van der Waals surface area contributed by atoms with Crippen molar-refractivity contribution in [3.05, 3.63) is 75.8 Å². The van der Waals surface area contributed by atoms with Gasteiger partial charge in [-0.15, -0.1) is 0 Å². The van der Waals surface area contributed by atoms with Crippen molar-refractivity contribution in [3.63, 3.8) is 0 Å². The first kappa shape index (κ1) is 24.1. The van der Waals surface area contributed by atoms with Crippen LogP contribution in [0.3, 0.4) is 0 Å². The molecule has 0 bridgehead atoms. The summed E-state index contributed by atoms with van der Waals surface area (Å²) in [6.45, 7) is -0.475. The first-order chi connectivity index (χ1) is 16.7. The minimum Gasteiger partial charge on any atom is -0.495 e. The van der Waals surface area contributed by atoms with Crippen LogP contribution in [0.25, 0.3) is 17.4 Å². The number of imide groups is 1. The Morgan fingerprint density at radius 3 is 2.69 bits per heavy atom. The maximum atomic E-state index is 12.7. The number of methoxy groups -OCH3 is 1. The number of carbonyl (C=O) groups excluding carboxylic acids is 3. The molecule has 1 aromatic heterocycles. The minimum absolute atomic E-state index is 0.0930. The molecule has 1 fully saturated rings. The number of carboxylic acids is 1. The predicted octanol–water partition coefficient (Wildman–Crippen LogP) is 4.98. The summed E-state index contributed by atoms with van der Waals surface area (Å²) in [5, 5.41) is 11.4. The quantitative estimate of drug-likeness (QED) is 0.424. The van der Waals surface area contributed by atoms with Gasteiger partial charge in [-0.2, -0.15) is 0 Å². The number of nitrogens with one attached hydrogen (secondary N) is 1. The molecule has 3 aromatic rings. The second kappa shape index (κ2) is 10.1. The molecule has 0 saturated carbocycles. The van der Waals surface area contributed by atoms with Crippen LogP contribution in [0.4, 0.5) is 10.5 Å². The Morgan fingerprint density at radius 1 is 1.17 bits per heavy atom. The Balaban J connectivity index is 1.44. The molecular weight excluding hydrogens is 496 g/mol. The molecule has 2 heterocycles. The standard InChI is InChI=1S/C24H17ClN2O7S/c1-33-19-7-5-15(10-17(19)25)26-21(28)12-27-22(29)20(35-24(27)32)11-16-6-8-18(34-16)13-3-2-4-14(9-13)23(30)31/h2-11H,12H2,1H3,(H,26,28)(H,30,31)/b20-11+. The van der Waals surface area contributed by atoms with Crippen LogP contribution in [0.15, 0.2) is 63.9 Å². The molecule has 0 unspecified atom stereocenters. The van der Waals surface area contributed by atoms with E-state index in [4.69, 9.17) is 25.9 Å². The van der Waals surface area contributed by atoms with E-state index in [9.17, 15) is 19.2 Å². The third kappa shape index (κ3) is 5.39. The summed E-state index contributed by atoms with van der Waals surface area (Å²) in [4.78, 5) is 49.6. The van der Waals surface area contributed by atoms with Crippen LogP contribution in [-0.2, 0) is 9.59 Å². The summed E-state index contributed by atoms with van der Waals surface area (Å²) in [7, 11) is 1.47. The van der Waals surface area contributed by atoms with Gasteiger partial charge in [0.15, 0.2) is 0 Å². The molecular formula is C24H17ClN2O7S. The van der Waals surface area contributed by atoms with E-state index < -0.39 is 29.6 Å². The van der Waals surface area contributed by atoms with Crippen LogP contribution in [0.5, 0.6) is 5.75 Å². The second-order valence-corrected chi connectivity index (χ2v) is 8.65. The molecule has 2 N–H and O–H groups in total. The number of benzene rings is 2. The van der Waals surface area contributed by atoms with Crippen molar-refractivity contribution in [3.8, 4) is 17.1 Å². The van der Waals surface area contributed by atoms with Crippen molar-refractivity contribution in [2.75, 3.05) is 19.0 Å². The SMILES string of the molecule is COc1ccc(NC(=O)CN2C(=O)S/C(=C/c3ccc(-c4cccc(C(=O)O)c4)o3)C2=O)cc1Cl. The number of hydrogen-bond acceptors (Lipinski definition) is 7. The predicted molar refractivity (Wildman–Crippen MR) is 130 cm³/mol. The van der Waals surface area contributed by atoms with Crippen LogP contribution in [0, 0.1) is 0 Å². The van der Waals surface area contributed by atoms with Crippen molar-refractivity contribution in [1.29, 1.82) is 0 Å². The van der Waals surface area contributed by atoms with Crippen LogP contribution in [0.1, 0.15) is 16.1 Å². The molecule has 3 amide bonds. The average Bonchev–Trinajstić information content (AvgIpc) is 3.39. The zero-order valence-electron chi connectivity index (χ0n) is 18.1. The van der Waals surface area contributed by atoms with Gasteiger partial charge in [-0.1, -0.05) is 23.7 Å². The van der Waals surface area contributed by atoms with Crippen LogP contribution in [0.2, 0.25) is 5.02 Å². The van der Waals surface area contributed by atoms with E-state index >= 15 is 0 Å². The lowest BCUT2D eigenvalue weighted by Crippen LogP contribution is -2.36. The molecule has 0 radical (unpaired) electrons. The highest BCUT2D eigenvalue weighted by Crippen LogP contribution is 2.33. The Bertz CT molecular complexity index is 1380. The largest absolute Gasteiger partial charge is 0.495 e. The molecule has 1 aliphatic heterocycles. The monoisotopic (exact) mass is 512 g/mol. The highest BCUT2D eigenvalue weighted by Gasteiger charge is 2.36. The molecule has 0 aliphatic carbocycles. The number of anilines is 1. The summed E-state index contributed by atoms with van der Waals surface area (Å²) in [5.74, 6) is -1.13. The molecule has 1 saturated heterocycles. The zero-order chi connectivity index (χ0) is 25.1. The molecule has 0 atom stereocenters. The number of halogens is 1. The number of ether oxygens (including phenoxy) is 1. The fourth-order valence-corrected chi connectivity index (χ4v) is 4.32. The maximum Gasteiger partial charge on any atom is 0.335 e. The lowest BCUT2D eigenvalue weighted by Gasteiger charge is -2.13. The van der Waals surface area contributed by atoms with Gasteiger partial charge in [0.2, 0.25) is 5.91 Å². The molecule has 35 heavy (non-hydrogen) atoms. The van der Waals surface area contributed by atoms with Gasteiger partial charge in [-0.3, -0.25) is 19.3 Å². The normalized spacial score (nSPS) is 14.5. The van der Waals surface area contributed by atoms with Gasteiger partial charge in [0, 0.05) is 17.3 Å². The number of hydrogen-bond donors (Lipinski definition) is 2. The van der Waals surface area contributed by atoms with Crippen LogP contribution < -0.4 is 10.1 Å². The number of thioether (sulfide) groups is 1. The van der Waals surface area contributed by atoms with Crippen molar-refractivity contribution in [2.45, 2.75) is 0 Å². The van der Waals surface area contributed by atoms with Crippen molar-refractivity contribution >= 4 is 58.1 Å². The number of aromatic carboxylic acids is 1. The van der Waals surface area contributed by atoms with Crippen LogP contribution in [-0.4, -0.2) is 46.7 Å². The Hall–Kier alpha value is -4.02. The van der Waals surface area contributed by atoms with Gasteiger partial charge in [-0.05, 0) is 54.2 Å². The summed E-state index contributed by atoms with van der Waals surface area (Å²) in [6.07, 6.45) is 1.40. The van der Waals surface area contributed by atoms with Gasteiger partial charge >= 0.3 is 5.97 Å². The van der Waals surface area contributed by atoms with Gasteiger partial charge in [0.1, 0.15) is 23.8 Å². The van der Waals surface area contributed by atoms with E-state index in [1.165, 1.54) is 31.4 Å². The molecule has 178 valence electrons. The van der Waals surface area contributed by atoms with Crippen LogP contribution >= 0.6 is 23.4 Å². The minimum atomic E-state index is -1.06. The fourth-order valence-electron chi connectivity index (χ4n) is 3.24. The maximum absolute atomic E-state index is 12.7. The second-order valence-electron chi connectivity index (χ2n) is 7.25. The highest BCUT2D eigenvalue weighted by molar-refractivity contribution is 8.18. The van der Waals surface area contributed by atoms with E-state index in [-0.39, 0.29) is 10.5 Å². The Kier molecular flexibility index (Phi) is 6.94. The topological polar surface area (TPSA) is 126 Å². The van der Waals surface area contributed by atoms with Gasteiger partial charge in [0.05, 0.1) is 22.6 Å². The number of furan rings is 1. The smallest absolute Gasteiger partial charge is 0.335 e. The number of nitrogens with zero attached hydrogens (tertiary/aromatic N) is 1. The molecule has 2 aromatic carbocycles. The summed E-state index contributed by atoms with van der Waals surface area (Å²) in [5.41, 5.74) is 1.04. The molecule has 9 nitrogen and oxygen atoms in total. The number of carboxylic acid groups (broad SMARTS) is 1. The highest BCUT2D eigenvalue weighted by atomic mass is 35.5. The van der Waals surface area contributed by atoms with Gasteiger partial charge < -0.3 is 19.6 Å². The van der Waals surface area contributed by atoms with Gasteiger partial charge in [0.25, 0.3) is 11.1 Å². The zero-order valence-corrected chi connectivity index (χ0v) is 19.7. The summed E-state index contributed by atoms with van der Waals surface area (Å²) >= 11 is 6.73. The van der Waals surface area contributed by atoms with Gasteiger partial charge in [-0.25, -0.2) is 4.79 Å². The molecule has 1 aliphatic rings. The number of rotatable bonds is 7. The number of amides is 3. The Labute approximate surface area is 208 Å². The van der Waals surface area contributed by atoms with Crippen molar-refractivity contribution in [1.82, 2.24) is 4.90 Å².